The van der Waals surface area contributed by atoms with Crippen LogP contribution in [-0.2, 0) is 9.47 Å². The largest absolute Gasteiger partial charge is 0.466 e. The number of hydrogen-bond donors (Lipinski definition) is 3. The van der Waals surface area contributed by atoms with Crippen molar-refractivity contribution in [1.29, 1.82) is 0 Å². The Morgan fingerprint density at radius 1 is 1.30 bits per heavy atom. The van der Waals surface area contributed by atoms with Gasteiger partial charge in [-0.2, -0.15) is 0 Å². The lowest BCUT2D eigenvalue weighted by Gasteiger charge is -2.42. The summed E-state index contributed by atoms with van der Waals surface area (Å²) in [5.74, 6) is 0.782. The third-order valence-corrected chi connectivity index (χ3v) is 4.83. The summed E-state index contributed by atoms with van der Waals surface area (Å²) in [6, 6.07) is -0.0189. The Bertz CT molecular complexity index is 511. The first-order valence-corrected chi connectivity index (χ1v) is 8.45. The highest BCUT2D eigenvalue weighted by Gasteiger charge is 2.36. The van der Waals surface area contributed by atoms with Crippen molar-refractivity contribution in [3.05, 3.63) is 48.3 Å². The minimum Gasteiger partial charge on any atom is -0.466 e. The van der Waals surface area contributed by atoms with Gasteiger partial charge in [0.05, 0.1) is 6.04 Å². The Labute approximate surface area is 137 Å². The summed E-state index contributed by atoms with van der Waals surface area (Å²) in [4.78, 5) is 0. The zero-order valence-electron chi connectivity index (χ0n) is 13.5. The van der Waals surface area contributed by atoms with E-state index in [1.165, 1.54) is 11.8 Å². The van der Waals surface area contributed by atoms with Crippen LogP contribution in [-0.4, -0.2) is 36.4 Å². The van der Waals surface area contributed by atoms with Crippen LogP contribution in [0.5, 0.6) is 0 Å². The van der Waals surface area contributed by atoms with Crippen LogP contribution >= 0.6 is 0 Å². The number of aliphatic hydroxyl groups excluding tert-OH is 1. The van der Waals surface area contributed by atoms with Gasteiger partial charge in [-0.3, -0.25) is 5.32 Å². The first-order chi connectivity index (χ1) is 11.3. The molecule has 2 heterocycles. The van der Waals surface area contributed by atoms with Crippen LogP contribution in [0.15, 0.2) is 48.3 Å². The van der Waals surface area contributed by atoms with Crippen LogP contribution in [0.4, 0.5) is 0 Å². The van der Waals surface area contributed by atoms with Gasteiger partial charge in [0.25, 0.3) is 0 Å². The van der Waals surface area contributed by atoms with E-state index in [2.05, 4.69) is 28.9 Å². The third-order valence-electron chi connectivity index (χ3n) is 4.83. The molecule has 0 spiro atoms. The normalized spacial score (nSPS) is 24.2. The smallest absolute Gasteiger partial charge is 0.159 e. The molecule has 5 heteroatoms. The Balaban J connectivity index is 1.83. The molecule has 0 amide bonds. The Hall–Kier alpha value is -1.56. The van der Waals surface area contributed by atoms with E-state index in [4.69, 9.17) is 9.47 Å². The molecule has 1 aliphatic carbocycles. The molecule has 3 N–H and O–H groups in total. The predicted octanol–water partition coefficient (Wildman–Crippen LogP) is 2.08. The van der Waals surface area contributed by atoms with E-state index >= 15 is 0 Å². The second-order valence-corrected chi connectivity index (χ2v) is 6.34. The number of nitrogens with one attached hydrogen (secondary N) is 2. The number of piperidine rings is 1. The van der Waals surface area contributed by atoms with Gasteiger partial charge in [0.15, 0.2) is 5.76 Å². The molecule has 0 bridgehead atoms. The molecule has 0 aromatic heterocycles. The lowest BCUT2D eigenvalue weighted by atomic mass is 9.83. The number of aliphatic hydroxyl groups is 1. The van der Waals surface area contributed by atoms with Gasteiger partial charge in [0.2, 0.25) is 0 Å². The molecular formula is C18H26N2O3. The van der Waals surface area contributed by atoms with Crippen molar-refractivity contribution in [3.8, 4) is 0 Å². The van der Waals surface area contributed by atoms with E-state index in [9.17, 15) is 5.11 Å². The van der Waals surface area contributed by atoms with Gasteiger partial charge in [-0.15, -0.1) is 0 Å². The Morgan fingerprint density at radius 2 is 2.17 bits per heavy atom. The van der Waals surface area contributed by atoms with E-state index in [1.54, 1.807) is 12.5 Å². The van der Waals surface area contributed by atoms with Crippen molar-refractivity contribution in [2.24, 2.45) is 0 Å². The SMILES string of the molecule is OCCC1(NC(C2=CC=CCC2)C2=COC=CO2)CCNCC1. The van der Waals surface area contributed by atoms with Gasteiger partial charge in [-0.25, -0.2) is 0 Å². The van der Waals surface area contributed by atoms with Crippen LogP contribution < -0.4 is 10.6 Å². The molecule has 1 fully saturated rings. The van der Waals surface area contributed by atoms with E-state index in [0.29, 0.717) is 0 Å². The van der Waals surface area contributed by atoms with Crippen molar-refractivity contribution < 1.29 is 14.6 Å². The maximum Gasteiger partial charge on any atom is 0.159 e. The van der Waals surface area contributed by atoms with Crippen LogP contribution in [0.1, 0.15) is 32.1 Å². The molecule has 5 nitrogen and oxygen atoms in total. The Kier molecular flexibility index (Phi) is 5.54. The summed E-state index contributed by atoms with van der Waals surface area (Å²) in [7, 11) is 0. The highest BCUT2D eigenvalue weighted by Crippen LogP contribution is 2.30. The quantitative estimate of drug-likeness (QED) is 0.700. The van der Waals surface area contributed by atoms with E-state index < -0.39 is 0 Å². The van der Waals surface area contributed by atoms with E-state index in [-0.39, 0.29) is 18.2 Å². The molecule has 3 aliphatic rings. The molecule has 0 aromatic rings. The standard InChI is InChI=1S/C18H26N2O3/c21-11-8-18(6-9-19-10-7-18)20-17(15-4-2-1-3-5-15)16-14-22-12-13-23-16/h1-2,4,12-14,17,19-21H,3,5-11H2. The minimum absolute atomic E-state index is 0.0189. The van der Waals surface area contributed by atoms with Gasteiger partial charge < -0.3 is 19.9 Å². The molecule has 23 heavy (non-hydrogen) atoms. The highest BCUT2D eigenvalue weighted by atomic mass is 16.5. The van der Waals surface area contributed by atoms with Crippen LogP contribution in [0.2, 0.25) is 0 Å². The van der Waals surface area contributed by atoms with Crippen molar-refractivity contribution in [1.82, 2.24) is 10.6 Å². The maximum absolute atomic E-state index is 9.55. The maximum atomic E-state index is 9.55. The van der Waals surface area contributed by atoms with Crippen LogP contribution in [0.25, 0.3) is 0 Å². The van der Waals surface area contributed by atoms with Crippen molar-refractivity contribution in [2.45, 2.75) is 43.7 Å². The number of ether oxygens (including phenoxy) is 2. The molecule has 0 radical (unpaired) electrons. The lowest BCUT2D eigenvalue weighted by molar-refractivity contribution is 0.149. The Morgan fingerprint density at radius 3 is 2.83 bits per heavy atom. The first kappa shape index (κ1) is 16.3. The van der Waals surface area contributed by atoms with Crippen molar-refractivity contribution >= 4 is 0 Å². The molecular weight excluding hydrogens is 292 g/mol. The summed E-state index contributed by atoms with van der Waals surface area (Å²) >= 11 is 0. The van der Waals surface area contributed by atoms with Gasteiger partial charge >= 0.3 is 0 Å². The highest BCUT2D eigenvalue weighted by molar-refractivity contribution is 5.30. The van der Waals surface area contributed by atoms with Crippen molar-refractivity contribution in [2.75, 3.05) is 19.7 Å². The summed E-state index contributed by atoms with van der Waals surface area (Å²) in [6.45, 7) is 2.12. The summed E-state index contributed by atoms with van der Waals surface area (Å²) in [6.07, 6.45) is 16.0. The second kappa shape index (κ2) is 7.81. The zero-order valence-corrected chi connectivity index (χ0v) is 13.5. The van der Waals surface area contributed by atoms with Gasteiger partial charge in [-0.05, 0) is 50.8 Å². The van der Waals surface area contributed by atoms with Crippen LogP contribution in [0, 0.1) is 0 Å². The summed E-state index contributed by atoms with van der Waals surface area (Å²) in [5.41, 5.74) is 1.23. The topological polar surface area (TPSA) is 62.8 Å². The fourth-order valence-corrected chi connectivity index (χ4v) is 3.51. The lowest BCUT2D eigenvalue weighted by Crippen LogP contribution is -2.57. The van der Waals surface area contributed by atoms with Gasteiger partial charge in [0.1, 0.15) is 18.8 Å². The fraction of sp³-hybridized carbons (Fsp3) is 0.556. The number of hydrogen-bond acceptors (Lipinski definition) is 5. The summed E-state index contributed by atoms with van der Waals surface area (Å²) in [5, 5.41) is 16.8. The minimum atomic E-state index is -0.0714. The van der Waals surface area contributed by atoms with Crippen molar-refractivity contribution in [3.63, 3.8) is 0 Å². The average molecular weight is 318 g/mol. The molecule has 3 rings (SSSR count). The van der Waals surface area contributed by atoms with Crippen LogP contribution in [0.3, 0.4) is 0 Å². The monoisotopic (exact) mass is 318 g/mol. The predicted molar refractivity (Wildman–Crippen MR) is 89.3 cm³/mol. The third kappa shape index (κ3) is 4.05. The summed E-state index contributed by atoms with van der Waals surface area (Å²) < 4.78 is 11.0. The average Bonchev–Trinajstić information content (AvgIpc) is 2.62. The van der Waals surface area contributed by atoms with Gasteiger partial charge in [0, 0.05) is 12.1 Å². The molecule has 126 valence electrons. The molecule has 1 unspecified atom stereocenters. The van der Waals surface area contributed by atoms with E-state index in [1.807, 2.05) is 0 Å². The van der Waals surface area contributed by atoms with E-state index in [0.717, 1.165) is 51.0 Å². The second-order valence-electron chi connectivity index (χ2n) is 6.34. The number of rotatable bonds is 6. The molecule has 1 atom stereocenters. The molecule has 0 saturated carbocycles. The number of allylic oxidation sites excluding steroid dienone is 3. The zero-order chi connectivity index (χ0) is 16.0. The van der Waals surface area contributed by atoms with Gasteiger partial charge in [-0.1, -0.05) is 18.2 Å². The molecule has 2 aliphatic heterocycles. The first-order valence-electron chi connectivity index (χ1n) is 8.45. The fourth-order valence-electron chi connectivity index (χ4n) is 3.51. The molecule has 0 aromatic carbocycles. The molecule has 1 saturated heterocycles.